The van der Waals surface area contributed by atoms with Gasteiger partial charge in [-0.3, -0.25) is 4.79 Å². The number of rotatable bonds is 36. The number of ether oxygens (including phenoxy) is 16. The molecule has 0 aliphatic carbocycles. The first-order valence-corrected chi connectivity index (χ1v) is 34.6. The van der Waals surface area contributed by atoms with E-state index in [0.29, 0.717) is 0 Å². The van der Waals surface area contributed by atoms with Crippen LogP contribution < -0.4 is 0 Å². The first-order chi connectivity index (χ1) is 49.9. The Labute approximate surface area is 592 Å². The van der Waals surface area contributed by atoms with Crippen LogP contribution in [0.2, 0.25) is 0 Å². The Bertz CT molecular complexity index is 3750. The number of carbonyl (C=O) groups excluding carboxylic acids is 1. The highest BCUT2D eigenvalue weighted by Crippen LogP contribution is 2.37. The van der Waals surface area contributed by atoms with Crippen molar-refractivity contribution in [3.05, 3.63) is 323 Å². The van der Waals surface area contributed by atoms with Gasteiger partial charge in [0.15, 0.2) is 25.0 Å². The molecule has 9 aromatic rings. The molecule has 0 N–H and O–H groups in total. The third kappa shape index (κ3) is 21.5. The maximum Gasteiger partial charge on any atom is 0.303 e. The van der Waals surface area contributed by atoms with Crippen molar-refractivity contribution in [3.63, 3.8) is 0 Å². The molecule has 0 saturated carbocycles. The maximum atomic E-state index is 13.6. The largest absolute Gasteiger partial charge is 0.454 e. The highest BCUT2D eigenvalue weighted by molar-refractivity contribution is 5.66. The smallest absolute Gasteiger partial charge is 0.303 e. The first-order valence-electron chi connectivity index (χ1n) is 34.6. The van der Waals surface area contributed by atoms with Gasteiger partial charge in [-0.15, -0.1) is 0 Å². The van der Waals surface area contributed by atoms with Gasteiger partial charge < -0.3 is 75.8 Å². The molecule has 101 heavy (non-hydrogen) atoms. The van der Waals surface area contributed by atoms with E-state index in [2.05, 4.69) is 0 Å². The fraction of sp³-hybridized carbons (Fsp3) is 0.345. The normalized spacial score (nSPS) is 25.1. The van der Waals surface area contributed by atoms with Gasteiger partial charge in [0.1, 0.15) is 67.1 Å². The lowest BCUT2D eigenvalue weighted by molar-refractivity contribution is -0.360. The van der Waals surface area contributed by atoms with Crippen molar-refractivity contribution < 1.29 is 80.6 Å². The van der Waals surface area contributed by atoms with Crippen molar-refractivity contribution in [1.29, 1.82) is 0 Å². The molecule has 3 aliphatic rings. The summed E-state index contributed by atoms with van der Waals surface area (Å²) in [6.45, 7) is 2.72. The quantitative estimate of drug-likeness (QED) is 0.0340. The third-order valence-electron chi connectivity index (χ3n) is 17.8. The minimum absolute atomic E-state index is 0.0436. The molecule has 3 fully saturated rings. The molecule has 0 amide bonds. The van der Waals surface area contributed by atoms with Gasteiger partial charge in [-0.25, -0.2) is 0 Å². The lowest BCUT2D eigenvalue weighted by Crippen LogP contribution is -2.65. The fourth-order valence-electron chi connectivity index (χ4n) is 12.7. The Morgan fingerprint density at radius 3 is 0.752 bits per heavy atom. The highest BCUT2D eigenvalue weighted by atomic mass is 16.8. The van der Waals surface area contributed by atoms with E-state index in [4.69, 9.17) is 75.8 Å². The average molecular weight is 1370 g/mol. The maximum absolute atomic E-state index is 13.6. The number of hydrogen-bond donors (Lipinski definition) is 0. The molecular formula is C84H90O17. The van der Waals surface area contributed by atoms with Gasteiger partial charge >= 0.3 is 5.97 Å². The fourth-order valence-corrected chi connectivity index (χ4v) is 12.7. The van der Waals surface area contributed by atoms with E-state index in [0.717, 1.165) is 50.1 Å². The molecule has 17 nitrogen and oxygen atoms in total. The Kier molecular flexibility index (Phi) is 27.9. The molecule has 9 aromatic carbocycles. The Morgan fingerprint density at radius 2 is 0.475 bits per heavy atom. The second-order valence-corrected chi connectivity index (χ2v) is 25.2. The van der Waals surface area contributed by atoms with Crippen LogP contribution in [-0.2, 0) is 140 Å². The summed E-state index contributed by atoms with van der Waals surface area (Å²) in [5, 5.41) is 0. The molecule has 0 aromatic heterocycles. The molecule has 17 heteroatoms. The molecule has 0 bridgehead atoms. The van der Waals surface area contributed by atoms with Gasteiger partial charge in [0.05, 0.1) is 79.3 Å². The summed E-state index contributed by atoms with van der Waals surface area (Å²) in [6, 6.07) is 89.0. The number of carbonyl (C=O) groups is 1. The number of hydrogen-bond acceptors (Lipinski definition) is 17. The van der Waals surface area contributed by atoms with Crippen molar-refractivity contribution in [1.82, 2.24) is 0 Å². The van der Waals surface area contributed by atoms with E-state index in [1.54, 1.807) is 7.11 Å². The van der Waals surface area contributed by atoms with Gasteiger partial charge in [-0.1, -0.05) is 273 Å². The van der Waals surface area contributed by atoms with Crippen molar-refractivity contribution in [2.24, 2.45) is 0 Å². The van der Waals surface area contributed by atoms with Crippen LogP contribution in [0.25, 0.3) is 0 Å². The van der Waals surface area contributed by atoms with E-state index < -0.39 is 98.1 Å². The summed E-state index contributed by atoms with van der Waals surface area (Å²) in [4.78, 5) is 13.6. The molecule has 12 rings (SSSR count). The molecule has 3 aliphatic heterocycles. The Hall–Kier alpha value is -8.15. The van der Waals surface area contributed by atoms with Gasteiger partial charge in [0.2, 0.25) is 0 Å². The molecule has 528 valence electrons. The van der Waals surface area contributed by atoms with Crippen LogP contribution >= 0.6 is 0 Å². The third-order valence-corrected chi connectivity index (χ3v) is 17.8. The molecule has 0 radical (unpaired) electrons. The van der Waals surface area contributed by atoms with Crippen molar-refractivity contribution >= 4 is 5.97 Å². The van der Waals surface area contributed by atoms with Crippen LogP contribution in [0.3, 0.4) is 0 Å². The molecule has 0 spiro atoms. The molecule has 3 heterocycles. The van der Waals surface area contributed by atoms with E-state index >= 15 is 0 Å². The van der Waals surface area contributed by atoms with Gasteiger partial charge in [0.25, 0.3) is 0 Å². The van der Waals surface area contributed by atoms with Crippen LogP contribution in [-0.4, -0.2) is 125 Å². The lowest BCUT2D eigenvalue weighted by atomic mass is 9.96. The standard InChI is InChI=1S/C84H90O17/c1-60(85)98-81-78(93-54-67-42-24-9-25-43-67)73(88-49-62-32-14-4-15-33-62)70(57-87-48-61-30-12-3-13-31-61)100-84(81)97-59-72-75(90-51-64-36-18-6-19-37-64)77(92-53-66-40-22-8-23-41-66)80(95-56-69-46-28-11-29-47-69)83(101-72)96-58-71-74(89-50-63-34-16-5-17-35-63)76(91-52-65-38-20-7-21-39-65)79(82(86-2)99-71)94-55-68-44-26-10-27-45-68/h3-47,70-84H,48-59H2,1-2H3/t70?,71?,72?,73-,74-,75-,76?,77?,78?,79?,80?,81?,82+,83-,84-/m1/s1. The number of methoxy groups -OCH3 is 1. The minimum Gasteiger partial charge on any atom is -0.454 e. The Morgan fingerprint density at radius 1 is 0.257 bits per heavy atom. The van der Waals surface area contributed by atoms with Gasteiger partial charge in [-0.05, 0) is 50.1 Å². The highest BCUT2D eigenvalue weighted by Gasteiger charge is 2.55. The van der Waals surface area contributed by atoms with Crippen LogP contribution in [0.15, 0.2) is 273 Å². The topological polar surface area (TPSA) is 165 Å². The average Bonchev–Trinajstić information content (AvgIpc) is 0.790. The summed E-state index contributed by atoms with van der Waals surface area (Å²) < 4.78 is 111. The lowest BCUT2D eigenvalue weighted by Gasteiger charge is -2.48. The zero-order valence-corrected chi connectivity index (χ0v) is 57.1. The second kappa shape index (κ2) is 38.8. The predicted octanol–water partition coefficient (Wildman–Crippen LogP) is 13.7. The summed E-state index contributed by atoms with van der Waals surface area (Å²) >= 11 is 0. The minimum atomic E-state index is -1.30. The van der Waals surface area contributed by atoms with Crippen molar-refractivity contribution in [2.45, 2.75) is 159 Å². The number of benzene rings is 9. The SMILES string of the molecule is CO[C@H]1OC(CO[C@@H]2OC(CO[C@@H]3OC(COCc4ccccc4)[C@@H](OCc4ccccc4)C(OCc4ccccc4)C3OC(C)=O)[C@@H](OCc3ccccc3)C(OCc3ccccc3)C2OCc2ccccc2)[C@@H](OCc2ccccc2)C(OCc2ccccc2)C1OCc1ccccc1. The summed E-state index contributed by atoms with van der Waals surface area (Å²) in [7, 11) is 1.59. The van der Waals surface area contributed by atoms with Crippen LogP contribution in [0, 0.1) is 0 Å². The molecule has 9 unspecified atom stereocenters. The van der Waals surface area contributed by atoms with Gasteiger partial charge in [0, 0.05) is 14.0 Å². The Balaban J connectivity index is 0.912. The van der Waals surface area contributed by atoms with E-state index in [9.17, 15) is 4.79 Å². The van der Waals surface area contributed by atoms with Crippen molar-refractivity contribution in [2.75, 3.05) is 26.9 Å². The monoisotopic (exact) mass is 1370 g/mol. The van der Waals surface area contributed by atoms with Gasteiger partial charge in [-0.2, -0.15) is 0 Å². The second-order valence-electron chi connectivity index (χ2n) is 25.2. The zero-order chi connectivity index (χ0) is 69.1. The van der Waals surface area contributed by atoms with E-state index in [1.807, 2.05) is 273 Å². The van der Waals surface area contributed by atoms with Crippen LogP contribution in [0.5, 0.6) is 0 Å². The predicted molar refractivity (Wildman–Crippen MR) is 377 cm³/mol. The van der Waals surface area contributed by atoms with Crippen molar-refractivity contribution in [3.8, 4) is 0 Å². The number of esters is 1. The summed E-state index contributed by atoms with van der Waals surface area (Å²) in [6.07, 6.45) is -14.5. The van der Waals surface area contributed by atoms with Crippen LogP contribution in [0.4, 0.5) is 0 Å². The summed E-state index contributed by atoms with van der Waals surface area (Å²) in [5.74, 6) is -0.589. The molecular weight excluding hydrogens is 1280 g/mol. The first kappa shape index (κ1) is 72.6. The molecule has 15 atom stereocenters. The summed E-state index contributed by atoms with van der Waals surface area (Å²) in [5.41, 5.74) is 8.32. The van der Waals surface area contributed by atoms with Crippen LogP contribution in [0.1, 0.15) is 57.0 Å². The zero-order valence-electron chi connectivity index (χ0n) is 57.1. The molecule has 3 saturated heterocycles. The van der Waals surface area contributed by atoms with E-state index in [1.165, 1.54) is 6.92 Å². The van der Waals surface area contributed by atoms with E-state index in [-0.39, 0.29) is 79.3 Å².